The number of hydrogen-bond acceptors (Lipinski definition) is 3. The fourth-order valence-corrected chi connectivity index (χ4v) is 2.94. The fourth-order valence-electron chi connectivity index (χ4n) is 2.94. The Bertz CT molecular complexity index is 747. The normalized spacial score (nSPS) is 14.6. The molecular formula is C20H26IN5O. The Morgan fingerprint density at radius 1 is 1.07 bits per heavy atom. The molecule has 144 valence electrons. The summed E-state index contributed by atoms with van der Waals surface area (Å²) in [5, 5.41) is 9.51. The van der Waals surface area contributed by atoms with Crippen LogP contribution >= 0.6 is 24.0 Å². The number of hydrogen-bond donors (Lipinski definition) is 3. The summed E-state index contributed by atoms with van der Waals surface area (Å²) in [6, 6.07) is 14.1. The van der Waals surface area contributed by atoms with Crippen LogP contribution in [0.3, 0.4) is 0 Å². The van der Waals surface area contributed by atoms with E-state index in [9.17, 15) is 4.79 Å². The molecule has 1 saturated carbocycles. The number of aliphatic imine (C=N–C) groups is 1. The van der Waals surface area contributed by atoms with Gasteiger partial charge >= 0.3 is 0 Å². The van der Waals surface area contributed by atoms with Crippen LogP contribution in [0, 0.1) is 0 Å². The molecule has 0 spiro atoms. The monoisotopic (exact) mass is 479 g/mol. The molecule has 1 aliphatic carbocycles. The van der Waals surface area contributed by atoms with E-state index in [0.29, 0.717) is 18.7 Å². The second-order valence-electron chi connectivity index (χ2n) is 6.50. The standard InChI is InChI=1S/C20H25N5O.HI/c1-21-19(24-13-12-23-18(26)16-6-5-11-22-14-16)25-15-20(9-10-20)17-7-3-2-4-8-17;/h2-8,11,14H,9-10,12-13,15H2,1H3,(H,23,26)(H2,21,24,25);1H. The summed E-state index contributed by atoms with van der Waals surface area (Å²) in [4.78, 5) is 20.2. The molecule has 0 atom stereocenters. The lowest BCUT2D eigenvalue weighted by atomic mass is 9.96. The van der Waals surface area contributed by atoms with Crippen LogP contribution in [0.5, 0.6) is 0 Å². The Morgan fingerprint density at radius 2 is 1.81 bits per heavy atom. The third kappa shape index (κ3) is 5.92. The molecule has 0 unspecified atom stereocenters. The van der Waals surface area contributed by atoms with Gasteiger partial charge in [-0.25, -0.2) is 0 Å². The van der Waals surface area contributed by atoms with Crippen LogP contribution in [0.1, 0.15) is 28.8 Å². The van der Waals surface area contributed by atoms with Crippen LogP contribution in [-0.2, 0) is 5.41 Å². The van der Waals surface area contributed by atoms with Gasteiger partial charge in [0.05, 0.1) is 5.56 Å². The zero-order valence-corrected chi connectivity index (χ0v) is 17.8. The number of carbonyl (C=O) groups is 1. The highest BCUT2D eigenvalue weighted by Gasteiger charge is 2.43. The van der Waals surface area contributed by atoms with Crippen molar-refractivity contribution >= 4 is 35.8 Å². The average Bonchev–Trinajstić information content (AvgIpc) is 3.50. The highest BCUT2D eigenvalue weighted by atomic mass is 127. The van der Waals surface area contributed by atoms with Gasteiger partial charge in [-0.2, -0.15) is 0 Å². The molecule has 0 radical (unpaired) electrons. The maximum atomic E-state index is 12.0. The third-order valence-corrected chi connectivity index (χ3v) is 4.68. The lowest BCUT2D eigenvalue weighted by molar-refractivity contribution is 0.0954. The van der Waals surface area contributed by atoms with Crippen molar-refractivity contribution in [2.24, 2.45) is 4.99 Å². The van der Waals surface area contributed by atoms with Gasteiger partial charge in [-0.15, -0.1) is 24.0 Å². The van der Waals surface area contributed by atoms with Crippen molar-refractivity contribution in [3.05, 3.63) is 66.0 Å². The lowest BCUT2D eigenvalue weighted by Crippen LogP contribution is -2.44. The predicted molar refractivity (Wildman–Crippen MR) is 119 cm³/mol. The van der Waals surface area contributed by atoms with E-state index in [1.165, 1.54) is 18.4 Å². The van der Waals surface area contributed by atoms with Gasteiger partial charge in [0.25, 0.3) is 5.91 Å². The minimum Gasteiger partial charge on any atom is -0.356 e. The average molecular weight is 479 g/mol. The molecule has 6 nitrogen and oxygen atoms in total. The van der Waals surface area contributed by atoms with E-state index >= 15 is 0 Å². The van der Waals surface area contributed by atoms with Crippen molar-refractivity contribution in [1.82, 2.24) is 20.9 Å². The first-order valence-corrected chi connectivity index (χ1v) is 8.92. The smallest absolute Gasteiger partial charge is 0.252 e. The van der Waals surface area contributed by atoms with Gasteiger partial charge in [0.2, 0.25) is 0 Å². The number of nitrogens with zero attached hydrogens (tertiary/aromatic N) is 2. The van der Waals surface area contributed by atoms with E-state index in [1.54, 1.807) is 31.6 Å². The summed E-state index contributed by atoms with van der Waals surface area (Å²) in [5.74, 6) is 0.631. The molecule has 1 aromatic carbocycles. The number of guanidine groups is 1. The van der Waals surface area contributed by atoms with Gasteiger partial charge in [0.15, 0.2) is 5.96 Å². The van der Waals surface area contributed by atoms with Gasteiger partial charge < -0.3 is 16.0 Å². The van der Waals surface area contributed by atoms with Crippen LogP contribution in [0.2, 0.25) is 0 Å². The molecule has 2 aromatic rings. The molecule has 1 amide bonds. The second-order valence-corrected chi connectivity index (χ2v) is 6.50. The number of rotatable bonds is 7. The summed E-state index contributed by atoms with van der Waals surface area (Å²) < 4.78 is 0. The predicted octanol–water partition coefficient (Wildman–Crippen LogP) is 2.33. The molecule has 1 fully saturated rings. The Labute approximate surface area is 177 Å². The Kier molecular flexibility index (Phi) is 8.02. The zero-order valence-electron chi connectivity index (χ0n) is 15.4. The highest BCUT2D eigenvalue weighted by molar-refractivity contribution is 14.0. The zero-order chi connectivity index (χ0) is 18.2. The summed E-state index contributed by atoms with van der Waals surface area (Å²) in [5.41, 5.74) is 2.17. The number of carbonyl (C=O) groups excluding carboxylic acids is 1. The largest absolute Gasteiger partial charge is 0.356 e. The molecule has 1 aromatic heterocycles. The molecule has 1 aliphatic rings. The highest BCUT2D eigenvalue weighted by Crippen LogP contribution is 2.47. The van der Waals surface area contributed by atoms with E-state index in [4.69, 9.17) is 0 Å². The fraction of sp³-hybridized carbons (Fsp3) is 0.350. The Balaban J connectivity index is 0.00000261. The van der Waals surface area contributed by atoms with E-state index in [0.717, 1.165) is 12.5 Å². The van der Waals surface area contributed by atoms with E-state index in [1.807, 2.05) is 6.07 Å². The summed E-state index contributed by atoms with van der Waals surface area (Å²) in [6.07, 6.45) is 5.60. The number of nitrogens with one attached hydrogen (secondary N) is 3. The van der Waals surface area contributed by atoms with Crippen LogP contribution in [-0.4, -0.2) is 43.5 Å². The van der Waals surface area contributed by atoms with Crippen molar-refractivity contribution in [3.63, 3.8) is 0 Å². The molecule has 3 N–H and O–H groups in total. The van der Waals surface area contributed by atoms with Gasteiger partial charge in [0, 0.05) is 44.5 Å². The van der Waals surface area contributed by atoms with Gasteiger partial charge in [-0.1, -0.05) is 30.3 Å². The minimum atomic E-state index is -0.121. The van der Waals surface area contributed by atoms with Crippen LogP contribution in [0.4, 0.5) is 0 Å². The van der Waals surface area contributed by atoms with Crippen molar-refractivity contribution in [1.29, 1.82) is 0 Å². The maximum Gasteiger partial charge on any atom is 0.252 e. The number of amides is 1. The second kappa shape index (κ2) is 10.2. The van der Waals surface area contributed by atoms with Gasteiger partial charge in [0.1, 0.15) is 0 Å². The molecule has 27 heavy (non-hydrogen) atoms. The van der Waals surface area contributed by atoms with Crippen molar-refractivity contribution in [2.45, 2.75) is 18.3 Å². The first-order valence-electron chi connectivity index (χ1n) is 8.92. The van der Waals surface area contributed by atoms with Crippen molar-refractivity contribution in [3.8, 4) is 0 Å². The SMILES string of the molecule is CN=C(NCCNC(=O)c1cccnc1)NCC1(c2ccccc2)CC1.I. The van der Waals surface area contributed by atoms with Crippen LogP contribution < -0.4 is 16.0 Å². The lowest BCUT2D eigenvalue weighted by Gasteiger charge is -2.19. The Hall–Kier alpha value is -2.16. The number of benzene rings is 1. The molecule has 0 bridgehead atoms. The quantitative estimate of drug-likeness (QED) is 0.247. The topological polar surface area (TPSA) is 78.4 Å². The first-order chi connectivity index (χ1) is 12.7. The van der Waals surface area contributed by atoms with Crippen molar-refractivity contribution < 1.29 is 4.79 Å². The summed E-state index contributed by atoms with van der Waals surface area (Å²) in [7, 11) is 1.76. The van der Waals surface area contributed by atoms with E-state index in [-0.39, 0.29) is 35.3 Å². The first kappa shape index (κ1) is 21.1. The molecule has 7 heteroatoms. The third-order valence-electron chi connectivity index (χ3n) is 4.68. The van der Waals surface area contributed by atoms with Crippen molar-refractivity contribution in [2.75, 3.05) is 26.7 Å². The molecule has 0 saturated heterocycles. The summed E-state index contributed by atoms with van der Waals surface area (Å²) in [6.45, 7) is 1.97. The molecule has 1 heterocycles. The van der Waals surface area contributed by atoms with Gasteiger partial charge in [-0.05, 0) is 30.5 Å². The van der Waals surface area contributed by atoms with Crippen LogP contribution in [0.25, 0.3) is 0 Å². The summed E-state index contributed by atoms with van der Waals surface area (Å²) >= 11 is 0. The molecule has 0 aliphatic heterocycles. The van der Waals surface area contributed by atoms with E-state index < -0.39 is 0 Å². The molecule has 3 rings (SSSR count). The van der Waals surface area contributed by atoms with E-state index in [2.05, 4.69) is 50.2 Å². The maximum absolute atomic E-state index is 12.0. The number of halogens is 1. The Morgan fingerprint density at radius 3 is 2.44 bits per heavy atom. The van der Waals surface area contributed by atoms with Gasteiger partial charge in [-0.3, -0.25) is 14.8 Å². The minimum absolute atomic E-state index is 0. The number of aromatic nitrogens is 1. The van der Waals surface area contributed by atoms with Crippen LogP contribution in [0.15, 0.2) is 59.9 Å². The number of pyridine rings is 1. The molecular weight excluding hydrogens is 453 g/mol.